The van der Waals surface area contributed by atoms with Crippen molar-refractivity contribution in [3.05, 3.63) is 21.9 Å². The van der Waals surface area contributed by atoms with Gasteiger partial charge in [-0.05, 0) is 12.8 Å². The number of Topliss-reactive ketones (excluding diaryl/α,β-unsaturated/α-hetero) is 2. The van der Waals surface area contributed by atoms with Gasteiger partial charge in [-0.3, -0.25) is 9.59 Å². The summed E-state index contributed by atoms with van der Waals surface area (Å²) in [6, 6.07) is 0. The van der Waals surface area contributed by atoms with Crippen molar-refractivity contribution in [2.24, 2.45) is 0 Å². The summed E-state index contributed by atoms with van der Waals surface area (Å²) in [4.78, 5) is 25.3. The highest BCUT2D eigenvalue weighted by Gasteiger charge is 2.17. The van der Waals surface area contributed by atoms with Crippen molar-refractivity contribution in [2.45, 2.75) is 155 Å². The number of unbranched alkanes of at least 4 members (excludes halogenated alkanes) is 18. The third-order valence-corrected chi connectivity index (χ3v) is 7.52. The lowest BCUT2D eigenvalue weighted by atomic mass is 9.98. The minimum atomic E-state index is 0.169. The maximum atomic E-state index is 12.7. The fraction of sp³-hybridized carbons (Fsp3) is 0.800. The van der Waals surface area contributed by atoms with Crippen LogP contribution < -0.4 is 0 Å². The van der Waals surface area contributed by atoms with Crippen LogP contribution in [0.3, 0.4) is 0 Å². The monoisotopic (exact) mass is 476 g/mol. The second kappa shape index (κ2) is 21.6. The van der Waals surface area contributed by atoms with Gasteiger partial charge in [0.2, 0.25) is 0 Å². The highest BCUT2D eigenvalue weighted by atomic mass is 32.1. The van der Waals surface area contributed by atoms with Gasteiger partial charge in [-0.25, -0.2) is 0 Å². The number of thiophene rings is 1. The van der Waals surface area contributed by atoms with Gasteiger partial charge in [-0.15, -0.1) is 0 Å². The zero-order valence-corrected chi connectivity index (χ0v) is 22.8. The van der Waals surface area contributed by atoms with Crippen LogP contribution in [0.25, 0.3) is 0 Å². The molecule has 33 heavy (non-hydrogen) atoms. The van der Waals surface area contributed by atoms with Gasteiger partial charge in [0, 0.05) is 34.7 Å². The average Bonchev–Trinajstić information content (AvgIpc) is 3.31. The summed E-state index contributed by atoms with van der Waals surface area (Å²) in [6.45, 7) is 4.52. The Morgan fingerprint density at radius 2 is 0.758 bits per heavy atom. The Labute approximate surface area is 209 Å². The van der Waals surface area contributed by atoms with E-state index in [4.69, 9.17) is 0 Å². The lowest BCUT2D eigenvalue weighted by molar-refractivity contribution is 0.0947. The Balaban J connectivity index is 2.11. The normalized spacial score (nSPS) is 11.2. The lowest BCUT2D eigenvalue weighted by Gasteiger charge is -2.05. The quantitative estimate of drug-likeness (QED) is 0.110. The van der Waals surface area contributed by atoms with Gasteiger partial charge in [0.25, 0.3) is 0 Å². The molecule has 190 valence electrons. The molecule has 2 nitrogen and oxygen atoms in total. The minimum absolute atomic E-state index is 0.169. The van der Waals surface area contributed by atoms with Crippen molar-refractivity contribution in [1.82, 2.24) is 0 Å². The number of ketones is 2. The summed E-state index contributed by atoms with van der Waals surface area (Å²) in [5, 5.41) is 3.79. The molecule has 0 aliphatic rings. The van der Waals surface area contributed by atoms with E-state index < -0.39 is 0 Å². The molecule has 0 spiro atoms. The van der Waals surface area contributed by atoms with E-state index in [1.54, 1.807) is 0 Å². The van der Waals surface area contributed by atoms with Crippen LogP contribution in [-0.2, 0) is 0 Å². The summed E-state index contributed by atoms with van der Waals surface area (Å²) in [5.41, 5.74) is 1.38. The molecule has 1 heterocycles. The summed E-state index contributed by atoms with van der Waals surface area (Å²) >= 11 is 1.50. The van der Waals surface area contributed by atoms with Crippen molar-refractivity contribution in [1.29, 1.82) is 0 Å². The molecule has 1 aromatic rings. The minimum Gasteiger partial charge on any atom is -0.294 e. The Morgan fingerprint density at radius 3 is 1.06 bits per heavy atom. The van der Waals surface area contributed by atoms with E-state index in [9.17, 15) is 9.59 Å². The molecule has 0 N–H and O–H groups in total. The molecule has 0 aliphatic heterocycles. The van der Waals surface area contributed by atoms with E-state index in [0.29, 0.717) is 24.0 Å². The van der Waals surface area contributed by atoms with Crippen LogP contribution in [0.1, 0.15) is 176 Å². The first kappa shape index (κ1) is 30.1. The van der Waals surface area contributed by atoms with Crippen LogP contribution in [0.15, 0.2) is 10.8 Å². The van der Waals surface area contributed by atoms with Gasteiger partial charge in [-0.2, -0.15) is 11.3 Å². The van der Waals surface area contributed by atoms with E-state index in [1.165, 1.54) is 114 Å². The maximum Gasteiger partial charge on any atom is 0.164 e. The Hall–Kier alpha value is -0.960. The topological polar surface area (TPSA) is 34.1 Å². The largest absolute Gasteiger partial charge is 0.294 e. The summed E-state index contributed by atoms with van der Waals surface area (Å²) in [5.74, 6) is 0.337. The number of rotatable bonds is 24. The van der Waals surface area contributed by atoms with Crippen molar-refractivity contribution >= 4 is 22.9 Å². The molecule has 0 saturated heterocycles. The molecule has 0 aromatic carbocycles. The summed E-state index contributed by atoms with van der Waals surface area (Å²) in [7, 11) is 0. The van der Waals surface area contributed by atoms with Crippen molar-refractivity contribution < 1.29 is 9.59 Å². The van der Waals surface area contributed by atoms with E-state index >= 15 is 0 Å². The lowest BCUT2D eigenvalue weighted by Crippen LogP contribution is -2.06. The van der Waals surface area contributed by atoms with Crippen molar-refractivity contribution in [3.8, 4) is 0 Å². The molecular formula is C30H52O2S. The van der Waals surface area contributed by atoms with Crippen LogP contribution in [0.5, 0.6) is 0 Å². The molecular weight excluding hydrogens is 424 g/mol. The van der Waals surface area contributed by atoms with Gasteiger partial charge in [-0.1, -0.05) is 129 Å². The van der Waals surface area contributed by atoms with Crippen LogP contribution in [0, 0.1) is 0 Å². The van der Waals surface area contributed by atoms with Crippen molar-refractivity contribution in [2.75, 3.05) is 0 Å². The number of carbonyl (C=O) groups excluding carboxylic acids is 2. The van der Waals surface area contributed by atoms with Crippen molar-refractivity contribution in [3.63, 3.8) is 0 Å². The first-order valence-electron chi connectivity index (χ1n) is 14.3. The summed E-state index contributed by atoms with van der Waals surface area (Å²) in [6.07, 6.45) is 26.7. The van der Waals surface area contributed by atoms with Crippen LogP contribution in [0.2, 0.25) is 0 Å². The zero-order valence-electron chi connectivity index (χ0n) is 21.9. The van der Waals surface area contributed by atoms with Crippen LogP contribution in [-0.4, -0.2) is 11.6 Å². The zero-order chi connectivity index (χ0) is 24.0. The molecule has 0 fully saturated rings. The Kier molecular flexibility index (Phi) is 19.7. The molecule has 0 saturated carbocycles. The van der Waals surface area contributed by atoms with E-state index in [2.05, 4.69) is 13.8 Å². The van der Waals surface area contributed by atoms with Gasteiger partial charge in [0.1, 0.15) is 0 Å². The predicted molar refractivity (Wildman–Crippen MR) is 146 cm³/mol. The smallest absolute Gasteiger partial charge is 0.164 e. The van der Waals surface area contributed by atoms with Crippen LogP contribution >= 0.6 is 11.3 Å². The molecule has 0 aliphatic carbocycles. The van der Waals surface area contributed by atoms with E-state index in [0.717, 1.165) is 25.7 Å². The molecule has 0 atom stereocenters. The Bertz CT molecular complexity index is 554. The number of hydrogen-bond acceptors (Lipinski definition) is 3. The maximum absolute atomic E-state index is 12.7. The third kappa shape index (κ3) is 15.5. The average molecular weight is 477 g/mol. The van der Waals surface area contributed by atoms with E-state index in [-0.39, 0.29) is 11.6 Å². The second-order valence-electron chi connectivity index (χ2n) is 9.91. The molecule has 0 radical (unpaired) electrons. The molecule has 1 rings (SSSR count). The molecule has 1 aromatic heterocycles. The standard InChI is InChI=1S/C30H52O2S/c1-3-5-7-9-11-13-15-17-19-21-23-29(31)27-25-33-26-28(27)30(32)24-22-20-18-16-14-12-10-8-6-4-2/h25-26H,3-24H2,1-2H3. The van der Waals surface area contributed by atoms with Gasteiger partial charge < -0.3 is 0 Å². The fourth-order valence-electron chi connectivity index (χ4n) is 4.54. The van der Waals surface area contributed by atoms with E-state index in [1.807, 2.05) is 10.8 Å². The fourth-order valence-corrected chi connectivity index (χ4v) is 5.40. The van der Waals surface area contributed by atoms with Gasteiger partial charge >= 0.3 is 0 Å². The number of carbonyl (C=O) groups is 2. The number of hydrogen-bond donors (Lipinski definition) is 0. The SMILES string of the molecule is CCCCCCCCCCCCC(=O)c1cscc1C(=O)CCCCCCCCCCCC. The van der Waals surface area contributed by atoms with Crippen LogP contribution in [0.4, 0.5) is 0 Å². The van der Waals surface area contributed by atoms with Gasteiger partial charge in [0.15, 0.2) is 11.6 Å². The molecule has 3 heteroatoms. The first-order valence-corrected chi connectivity index (χ1v) is 15.3. The Morgan fingerprint density at radius 1 is 0.485 bits per heavy atom. The molecule has 0 amide bonds. The second-order valence-corrected chi connectivity index (χ2v) is 10.7. The third-order valence-electron chi connectivity index (χ3n) is 6.78. The molecule has 0 unspecified atom stereocenters. The summed E-state index contributed by atoms with van der Waals surface area (Å²) < 4.78 is 0. The highest BCUT2D eigenvalue weighted by Crippen LogP contribution is 2.22. The molecule has 0 bridgehead atoms. The first-order chi connectivity index (χ1) is 16.2. The highest BCUT2D eigenvalue weighted by molar-refractivity contribution is 7.08. The van der Waals surface area contributed by atoms with Gasteiger partial charge in [0.05, 0.1) is 0 Å². The predicted octanol–water partition coefficient (Wildman–Crippen LogP) is 10.7.